The number of hydrogen-bond donors (Lipinski definition) is 2. The minimum absolute atomic E-state index is 0.0296. The zero-order valence-electron chi connectivity index (χ0n) is 10.9. The lowest BCUT2D eigenvalue weighted by Crippen LogP contribution is -2.41. The van der Waals surface area contributed by atoms with E-state index >= 15 is 0 Å². The van der Waals surface area contributed by atoms with E-state index in [9.17, 15) is 18.5 Å². The number of para-hydroxylation sites is 1. The van der Waals surface area contributed by atoms with Gasteiger partial charge in [-0.3, -0.25) is 16.0 Å². The average Bonchev–Trinajstić information content (AvgIpc) is 2.35. The molecule has 1 aromatic rings. The maximum absolute atomic E-state index is 12.5. The molecule has 8 nitrogen and oxygen atoms in total. The van der Waals surface area contributed by atoms with Crippen LogP contribution in [0.4, 0.5) is 11.4 Å². The molecule has 1 fully saturated rings. The second-order valence-electron chi connectivity index (χ2n) is 4.66. The van der Waals surface area contributed by atoms with E-state index in [2.05, 4.69) is 5.43 Å². The Balaban J connectivity index is 2.53. The molecule has 1 saturated carbocycles. The fourth-order valence-electron chi connectivity index (χ4n) is 2.14. The summed E-state index contributed by atoms with van der Waals surface area (Å²) in [4.78, 5) is 10.1. The van der Waals surface area contributed by atoms with Crippen LogP contribution in [0.3, 0.4) is 0 Å². The summed E-state index contributed by atoms with van der Waals surface area (Å²) in [5, 5.41) is 11.2. The van der Waals surface area contributed by atoms with Crippen molar-refractivity contribution in [3.8, 4) is 0 Å². The largest absolute Gasteiger partial charge is 0.318 e. The van der Waals surface area contributed by atoms with Gasteiger partial charge in [-0.15, -0.1) is 0 Å². The van der Waals surface area contributed by atoms with Gasteiger partial charge in [0.05, 0.1) is 4.92 Å². The topological polar surface area (TPSA) is 119 Å². The van der Waals surface area contributed by atoms with Gasteiger partial charge in [0, 0.05) is 13.1 Å². The smallest absolute Gasteiger partial charge is 0.313 e. The molecular weight excluding hydrogens is 284 g/mol. The van der Waals surface area contributed by atoms with Crippen LogP contribution in [0.5, 0.6) is 0 Å². The number of nitro groups is 1. The van der Waals surface area contributed by atoms with Crippen molar-refractivity contribution < 1.29 is 13.3 Å². The molecule has 20 heavy (non-hydrogen) atoms. The molecule has 2 rings (SSSR count). The van der Waals surface area contributed by atoms with Crippen LogP contribution in [0.15, 0.2) is 23.1 Å². The molecule has 0 aromatic heterocycles. The van der Waals surface area contributed by atoms with Gasteiger partial charge in [-0.25, -0.2) is 8.42 Å². The number of nitrogens with zero attached hydrogens (tertiary/aromatic N) is 2. The van der Waals surface area contributed by atoms with Crippen molar-refractivity contribution in [1.82, 2.24) is 4.31 Å². The van der Waals surface area contributed by atoms with E-state index in [1.165, 1.54) is 29.6 Å². The average molecular weight is 300 g/mol. The number of rotatable bonds is 5. The number of benzene rings is 1. The molecule has 0 radical (unpaired) electrons. The van der Waals surface area contributed by atoms with Crippen molar-refractivity contribution in [3.63, 3.8) is 0 Å². The molecule has 0 unspecified atom stereocenters. The summed E-state index contributed by atoms with van der Waals surface area (Å²) < 4.78 is 26.2. The highest BCUT2D eigenvalue weighted by molar-refractivity contribution is 7.89. The predicted octanol–water partition coefficient (Wildman–Crippen LogP) is 1.05. The number of nitrogens with two attached hydrogens (primary N) is 1. The van der Waals surface area contributed by atoms with Gasteiger partial charge in [-0.05, 0) is 25.0 Å². The van der Waals surface area contributed by atoms with Gasteiger partial charge in [0.15, 0.2) is 4.90 Å². The molecule has 0 spiro atoms. The number of anilines is 1. The second kappa shape index (κ2) is 5.35. The SMILES string of the molecule is CN(C1CCC1)S(=O)(=O)c1cccc(NN)c1[N+](=O)[O-]. The zero-order chi connectivity index (χ0) is 14.9. The van der Waals surface area contributed by atoms with Crippen molar-refractivity contribution in [2.24, 2.45) is 5.84 Å². The Hall–Kier alpha value is -1.71. The van der Waals surface area contributed by atoms with Gasteiger partial charge in [0.1, 0.15) is 5.69 Å². The summed E-state index contributed by atoms with van der Waals surface area (Å²) >= 11 is 0. The van der Waals surface area contributed by atoms with E-state index < -0.39 is 20.6 Å². The van der Waals surface area contributed by atoms with Crippen LogP contribution in [0.2, 0.25) is 0 Å². The summed E-state index contributed by atoms with van der Waals surface area (Å²) in [6, 6.07) is 3.92. The Labute approximate surface area is 116 Å². The highest BCUT2D eigenvalue weighted by atomic mass is 32.2. The fraction of sp³-hybridized carbons (Fsp3) is 0.455. The van der Waals surface area contributed by atoms with Crippen molar-refractivity contribution >= 4 is 21.4 Å². The maximum atomic E-state index is 12.5. The number of nitrogens with one attached hydrogen (secondary N) is 1. The fourth-order valence-corrected chi connectivity index (χ4v) is 3.73. The highest BCUT2D eigenvalue weighted by Crippen LogP contribution is 2.35. The van der Waals surface area contributed by atoms with Crippen molar-refractivity contribution in [3.05, 3.63) is 28.3 Å². The van der Waals surface area contributed by atoms with E-state index in [1.807, 2.05) is 0 Å². The predicted molar refractivity (Wildman–Crippen MR) is 73.5 cm³/mol. The molecule has 1 aliphatic carbocycles. The Kier molecular flexibility index (Phi) is 3.93. The Morgan fingerprint density at radius 3 is 2.55 bits per heavy atom. The molecule has 110 valence electrons. The van der Waals surface area contributed by atoms with E-state index in [-0.39, 0.29) is 16.6 Å². The lowest BCUT2D eigenvalue weighted by Gasteiger charge is -2.33. The summed E-state index contributed by atoms with van der Waals surface area (Å²) in [6.07, 6.45) is 2.52. The molecule has 0 atom stereocenters. The van der Waals surface area contributed by atoms with Crippen LogP contribution in [-0.2, 0) is 10.0 Å². The molecule has 0 saturated heterocycles. The summed E-state index contributed by atoms with van der Waals surface area (Å²) in [7, 11) is -2.46. The lowest BCUT2D eigenvalue weighted by molar-refractivity contribution is -0.386. The third-order valence-corrected chi connectivity index (χ3v) is 5.52. The summed E-state index contributed by atoms with van der Waals surface area (Å²) in [6.45, 7) is 0. The molecule has 0 bridgehead atoms. The van der Waals surface area contributed by atoms with E-state index in [1.54, 1.807) is 0 Å². The molecule has 0 amide bonds. The van der Waals surface area contributed by atoms with Crippen molar-refractivity contribution in [1.29, 1.82) is 0 Å². The van der Waals surface area contributed by atoms with E-state index in [0.29, 0.717) is 0 Å². The molecular formula is C11H16N4O4S. The monoisotopic (exact) mass is 300 g/mol. The van der Waals surface area contributed by atoms with Gasteiger partial charge in [0.25, 0.3) is 0 Å². The maximum Gasteiger partial charge on any atom is 0.313 e. The van der Waals surface area contributed by atoms with Crippen LogP contribution < -0.4 is 11.3 Å². The molecule has 0 heterocycles. The minimum Gasteiger partial charge on any atom is -0.318 e. The first kappa shape index (κ1) is 14.7. The highest BCUT2D eigenvalue weighted by Gasteiger charge is 2.36. The van der Waals surface area contributed by atoms with E-state index in [4.69, 9.17) is 5.84 Å². The van der Waals surface area contributed by atoms with E-state index in [0.717, 1.165) is 19.3 Å². The van der Waals surface area contributed by atoms with Crippen LogP contribution in [-0.4, -0.2) is 30.7 Å². The van der Waals surface area contributed by atoms with Gasteiger partial charge in [-0.1, -0.05) is 12.5 Å². The molecule has 9 heteroatoms. The number of hydrogen-bond acceptors (Lipinski definition) is 6. The van der Waals surface area contributed by atoms with Gasteiger partial charge >= 0.3 is 5.69 Å². The molecule has 3 N–H and O–H groups in total. The minimum atomic E-state index is -3.91. The van der Waals surface area contributed by atoms with Crippen LogP contribution >= 0.6 is 0 Å². The van der Waals surface area contributed by atoms with Crippen molar-refractivity contribution in [2.75, 3.05) is 12.5 Å². The van der Waals surface area contributed by atoms with Gasteiger partial charge in [-0.2, -0.15) is 4.31 Å². The first-order valence-electron chi connectivity index (χ1n) is 6.11. The molecule has 1 aromatic carbocycles. The number of nitro benzene ring substituents is 1. The van der Waals surface area contributed by atoms with Crippen molar-refractivity contribution in [2.45, 2.75) is 30.2 Å². The third-order valence-electron chi connectivity index (χ3n) is 3.58. The zero-order valence-corrected chi connectivity index (χ0v) is 11.8. The Bertz CT molecular complexity index is 627. The Morgan fingerprint density at radius 2 is 2.10 bits per heavy atom. The number of sulfonamides is 1. The first-order chi connectivity index (χ1) is 9.39. The quantitative estimate of drug-likeness (QED) is 0.476. The summed E-state index contributed by atoms with van der Waals surface area (Å²) in [5.74, 6) is 5.21. The van der Waals surface area contributed by atoms with Gasteiger partial charge in [0.2, 0.25) is 10.0 Å². The van der Waals surface area contributed by atoms with Gasteiger partial charge < -0.3 is 5.43 Å². The summed E-state index contributed by atoms with van der Waals surface area (Å²) in [5.41, 5.74) is 1.60. The number of hydrazine groups is 1. The third kappa shape index (κ3) is 2.35. The molecule has 0 aliphatic heterocycles. The normalized spacial score (nSPS) is 15.9. The Morgan fingerprint density at radius 1 is 1.45 bits per heavy atom. The first-order valence-corrected chi connectivity index (χ1v) is 7.55. The lowest BCUT2D eigenvalue weighted by atomic mass is 9.94. The second-order valence-corrected chi connectivity index (χ2v) is 6.63. The standard InChI is InChI=1S/C11H16N4O4S/c1-14(8-4-2-5-8)20(18,19)10-7-3-6-9(13-12)11(10)15(16)17/h3,6-8,13H,2,4-5,12H2,1H3. The van der Waals surface area contributed by atoms with Crippen LogP contribution in [0, 0.1) is 10.1 Å². The van der Waals surface area contributed by atoms with Crippen LogP contribution in [0.25, 0.3) is 0 Å². The van der Waals surface area contributed by atoms with Crippen LogP contribution in [0.1, 0.15) is 19.3 Å². The number of nitrogen functional groups attached to an aromatic ring is 1. The molecule has 1 aliphatic rings.